The van der Waals surface area contributed by atoms with Crippen molar-refractivity contribution in [3.05, 3.63) is 84.2 Å². The zero-order valence-electron chi connectivity index (χ0n) is 21.9. The van der Waals surface area contributed by atoms with Crippen LogP contribution in [0.4, 0.5) is 26.5 Å². The van der Waals surface area contributed by atoms with Crippen molar-refractivity contribution in [3.63, 3.8) is 0 Å². The molecule has 3 heterocycles. The van der Waals surface area contributed by atoms with E-state index in [-0.39, 0.29) is 11.1 Å². The second-order valence-electron chi connectivity index (χ2n) is 10.8. The summed E-state index contributed by atoms with van der Waals surface area (Å²) in [4.78, 5) is 17.1. The van der Waals surface area contributed by atoms with Crippen molar-refractivity contribution in [2.75, 3.05) is 16.4 Å². The van der Waals surface area contributed by atoms with Crippen molar-refractivity contribution in [1.29, 1.82) is 0 Å². The number of carbonyl (C=O) groups excluding carboxylic acids is 1. The number of nitrogen functional groups attached to an aromatic ring is 1. The number of nitrogens with zero attached hydrogens (tertiary/aromatic N) is 5. The monoisotopic (exact) mass is 524 g/mol. The third-order valence-electron chi connectivity index (χ3n) is 6.85. The van der Waals surface area contributed by atoms with E-state index < -0.39 is 11.8 Å². The van der Waals surface area contributed by atoms with Crippen LogP contribution in [0.5, 0.6) is 0 Å². The lowest BCUT2D eigenvalue weighted by Crippen LogP contribution is -2.22. The number of nitrogens with two attached hydrogens (primary N) is 1. The maximum Gasteiger partial charge on any atom is 0.324 e. The van der Waals surface area contributed by atoms with Gasteiger partial charge in [-0.3, -0.25) is 5.32 Å². The van der Waals surface area contributed by atoms with E-state index in [1.807, 2.05) is 63.2 Å². The Kier molecular flexibility index (Phi) is 5.82. The van der Waals surface area contributed by atoms with E-state index in [1.54, 1.807) is 21.3 Å². The summed E-state index contributed by atoms with van der Waals surface area (Å²) < 4.78 is 18.8. The molecule has 0 atom stereocenters. The van der Waals surface area contributed by atoms with Gasteiger partial charge in [0.15, 0.2) is 5.82 Å². The molecule has 6 rings (SSSR count). The van der Waals surface area contributed by atoms with Gasteiger partial charge in [0.1, 0.15) is 23.5 Å². The number of urea groups is 1. The van der Waals surface area contributed by atoms with E-state index in [0.29, 0.717) is 28.6 Å². The minimum atomic E-state index is -0.581. The van der Waals surface area contributed by atoms with E-state index >= 15 is 4.39 Å². The van der Waals surface area contributed by atoms with E-state index in [9.17, 15) is 4.79 Å². The molecule has 10 heteroatoms. The minimum Gasteiger partial charge on any atom is -0.382 e. The van der Waals surface area contributed by atoms with Gasteiger partial charge in [-0.25, -0.2) is 23.4 Å². The van der Waals surface area contributed by atoms with Crippen LogP contribution in [0.2, 0.25) is 0 Å². The summed E-state index contributed by atoms with van der Waals surface area (Å²) in [5, 5.41) is 14.5. The summed E-state index contributed by atoms with van der Waals surface area (Å²) >= 11 is 0. The Labute approximate surface area is 224 Å². The summed E-state index contributed by atoms with van der Waals surface area (Å²) in [5.74, 6) is 0.651. The lowest BCUT2D eigenvalue weighted by Gasteiger charge is -2.14. The van der Waals surface area contributed by atoms with E-state index in [4.69, 9.17) is 10.8 Å². The highest BCUT2D eigenvalue weighted by Crippen LogP contribution is 2.44. The number of rotatable bonds is 5. The van der Waals surface area contributed by atoms with Crippen molar-refractivity contribution in [2.45, 2.75) is 44.9 Å². The quantitative estimate of drug-likeness (QED) is 0.256. The maximum atomic E-state index is 15.3. The van der Waals surface area contributed by atoms with Crippen LogP contribution in [0, 0.1) is 5.82 Å². The number of nitrogens with one attached hydrogen (secondary N) is 2. The summed E-state index contributed by atoms with van der Waals surface area (Å²) in [6, 6.07) is 17.4. The molecule has 0 radical (unpaired) electrons. The lowest BCUT2D eigenvalue weighted by atomic mass is 9.92. The normalized spacial score (nSPS) is 13.5. The number of anilines is 3. The van der Waals surface area contributed by atoms with Crippen LogP contribution in [0.3, 0.4) is 0 Å². The standard InChI is InChI=1S/C29H29FN8O/c1-29(2,3)24-15-25(37(36-24)19-7-5-4-6-8-19)35-28(39)34-22-12-11-18(13-21(22)30)20-14-23(17-9-10-17)38-26(20)27(31)32-16-33-38/h4-8,11-17H,9-10H2,1-3H3,(H2,31,32,33)(H2,34,35,39). The van der Waals surface area contributed by atoms with E-state index in [1.165, 1.54) is 12.4 Å². The maximum absolute atomic E-state index is 15.3. The van der Waals surface area contributed by atoms with Crippen molar-refractivity contribution < 1.29 is 9.18 Å². The number of halogens is 1. The number of hydrogen-bond acceptors (Lipinski definition) is 5. The van der Waals surface area contributed by atoms with Gasteiger partial charge in [0.25, 0.3) is 0 Å². The van der Waals surface area contributed by atoms with Gasteiger partial charge in [0, 0.05) is 28.7 Å². The van der Waals surface area contributed by atoms with Gasteiger partial charge >= 0.3 is 6.03 Å². The SMILES string of the molecule is CC(C)(C)c1cc(NC(=O)Nc2ccc(-c3cc(C4CC4)n4ncnc(N)c34)cc2F)n(-c2ccccc2)n1. The fourth-order valence-electron chi connectivity index (χ4n) is 4.64. The summed E-state index contributed by atoms with van der Waals surface area (Å²) in [6.45, 7) is 6.15. The fraction of sp³-hybridized carbons (Fsp3) is 0.241. The molecule has 0 bridgehead atoms. The highest BCUT2D eigenvalue weighted by atomic mass is 19.1. The van der Waals surface area contributed by atoms with Gasteiger partial charge in [0.05, 0.1) is 17.1 Å². The van der Waals surface area contributed by atoms with Gasteiger partial charge in [0.2, 0.25) is 0 Å². The number of para-hydroxylation sites is 1. The molecule has 1 aliphatic rings. The minimum absolute atomic E-state index is 0.0493. The molecule has 0 aliphatic heterocycles. The molecule has 4 N–H and O–H groups in total. The second kappa shape index (κ2) is 9.23. The molecule has 1 aliphatic carbocycles. The summed E-state index contributed by atoms with van der Waals surface area (Å²) in [6.07, 6.45) is 3.60. The van der Waals surface area contributed by atoms with Crippen molar-refractivity contribution in [2.24, 2.45) is 0 Å². The molecule has 198 valence electrons. The van der Waals surface area contributed by atoms with Crippen molar-refractivity contribution in [1.82, 2.24) is 24.4 Å². The number of hydrogen-bond donors (Lipinski definition) is 3. The van der Waals surface area contributed by atoms with Crippen molar-refractivity contribution >= 4 is 28.9 Å². The van der Waals surface area contributed by atoms with Crippen LogP contribution in [0.1, 0.15) is 50.9 Å². The number of aromatic nitrogens is 5. The molecule has 39 heavy (non-hydrogen) atoms. The molecule has 0 spiro atoms. The van der Waals surface area contributed by atoms with Gasteiger partial charge in [-0.15, -0.1) is 0 Å². The zero-order chi connectivity index (χ0) is 27.3. The molecule has 3 aromatic heterocycles. The zero-order valence-corrected chi connectivity index (χ0v) is 21.9. The Morgan fingerprint density at radius 1 is 1.05 bits per heavy atom. The topological polar surface area (TPSA) is 115 Å². The molecule has 9 nitrogen and oxygen atoms in total. The van der Waals surface area contributed by atoms with Crippen LogP contribution in [-0.4, -0.2) is 30.4 Å². The Morgan fingerprint density at radius 2 is 1.82 bits per heavy atom. The largest absolute Gasteiger partial charge is 0.382 e. The summed E-state index contributed by atoms with van der Waals surface area (Å²) in [7, 11) is 0. The second-order valence-corrected chi connectivity index (χ2v) is 10.8. The average Bonchev–Trinajstić information content (AvgIpc) is 3.53. The summed E-state index contributed by atoms with van der Waals surface area (Å²) in [5.41, 5.74) is 10.7. The van der Waals surface area contributed by atoms with Gasteiger partial charge in [-0.2, -0.15) is 10.2 Å². The molecule has 0 unspecified atom stereocenters. The highest BCUT2D eigenvalue weighted by molar-refractivity contribution is 6.00. The Balaban J connectivity index is 1.27. The molecule has 5 aromatic rings. The first-order valence-corrected chi connectivity index (χ1v) is 12.8. The van der Waals surface area contributed by atoms with Crippen LogP contribution >= 0.6 is 0 Å². The van der Waals surface area contributed by atoms with Gasteiger partial charge in [-0.1, -0.05) is 45.0 Å². The molecule has 2 amide bonds. The first-order valence-electron chi connectivity index (χ1n) is 12.8. The van der Waals surface area contributed by atoms with E-state index in [2.05, 4.69) is 20.7 Å². The Hall–Kier alpha value is -4.73. The third kappa shape index (κ3) is 4.69. The number of benzene rings is 2. The third-order valence-corrected chi connectivity index (χ3v) is 6.85. The fourth-order valence-corrected chi connectivity index (χ4v) is 4.64. The van der Waals surface area contributed by atoms with Crippen LogP contribution in [0.25, 0.3) is 22.3 Å². The number of carbonyl (C=O) groups is 1. The average molecular weight is 525 g/mol. The number of fused-ring (bicyclic) bond motifs is 1. The van der Waals surface area contributed by atoms with Gasteiger partial charge < -0.3 is 11.1 Å². The smallest absolute Gasteiger partial charge is 0.324 e. The first-order chi connectivity index (χ1) is 18.7. The molecule has 1 fully saturated rings. The lowest BCUT2D eigenvalue weighted by molar-refractivity contribution is 0.262. The highest BCUT2D eigenvalue weighted by Gasteiger charge is 2.29. The van der Waals surface area contributed by atoms with E-state index in [0.717, 1.165) is 35.5 Å². The molecule has 2 aromatic carbocycles. The molecule has 1 saturated carbocycles. The molecular weight excluding hydrogens is 495 g/mol. The molecular formula is C29H29FN8O. The predicted molar refractivity (Wildman–Crippen MR) is 150 cm³/mol. The first kappa shape index (κ1) is 24.6. The Bertz CT molecular complexity index is 1700. The van der Waals surface area contributed by atoms with Gasteiger partial charge in [-0.05, 0) is 48.7 Å². The van der Waals surface area contributed by atoms with Crippen LogP contribution in [0.15, 0.2) is 67.0 Å². The Morgan fingerprint density at radius 3 is 2.51 bits per heavy atom. The molecule has 0 saturated heterocycles. The van der Waals surface area contributed by atoms with Crippen molar-refractivity contribution in [3.8, 4) is 16.8 Å². The van der Waals surface area contributed by atoms with Crippen LogP contribution < -0.4 is 16.4 Å². The van der Waals surface area contributed by atoms with Crippen LogP contribution in [-0.2, 0) is 5.41 Å². The number of amides is 2. The predicted octanol–water partition coefficient (Wildman–Crippen LogP) is 6.12.